The first-order chi connectivity index (χ1) is 16.4. The zero-order chi connectivity index (χ0) is 24.1. The van der Waals surface area contributed by atoms with Gasteiger partial charge in [0.05, 0.1) is 11.5 Å². The van der Waals surface area contributed by atoms with Crippen molar-refractivity contribution < 1.29 is 14.1 Å². The maximum Gasteiger partial charge on any atom is 0.269 e. The molecule has 0 spiro atoms. The molecule has 8 nitrogen and oxygen atoms in total. The van der Waals surface area contributed by atoms with Gasteiger partial charge in [-0.25, -0.2) is 4.39 Å². The summed E-state index contributed by atoms with van der Waals surface area (Å²) in [5.74, 6) is 0.376. The number of non-ortho nitro benzene ring substituents is 1. The Kier molecular flexibility index (Phi) is 7.33. The quantitative estimate of drug-likeness (QED) is 0.184. The summed E-state index contributed by atoms with van der Waals surface area (Å²) in [6.45, 7) is 0.0897. The van der Waals surface area contributed by atoms with Crippen molar-refractivity contribution in [2.45, 2.75) is 17.5 Å². The molecule has 0 aliphatic rings. The summed E-state index contributed by atoms with van der Waals surface area (Å²) in [5.41, 5.74) is 1.96. The molecule has 1 heterocycles. The molecule has 34 heavy (non-hydrogen) atoms. The van der Waals surface area contributed by atoms with E-state index in [1.807, 2.05) is 6.07 Å². The first-order valence-electron chi connectivity index (χ1n) is 10.0. The van der Waals surface area contributed by atoms with Crippen LogP contribution in [0.25, 0.3) is 5.69 Å². The predicted octanol–water partition coefficient (Wildman–Crippen LogP) is 5.30. The van der Waals surface area contributed by atoms with Gasteiger partial charge in [0.25, 0.3) is 11.6 Å². The summed E-state index contributed by atoms with van der Waals surface area (Å²) in [4.78, 5) is 23.2. The zero-order valence-electron chi connectivity index (χ0n) is 17.5. The van der Waals surface area contributed by atoms with Crippen LogP contribution < -0.4 is 5.32 Å². The number of nitro benzene ring substituents is 1. The smallest absolute Gasteiger partial charge is 0.269 e. The lowest BCUT2D eigenvalue weighted by molar-refractivity contribution is -0.384. The molecule has 4 rings (SSSR count). The monoisotopic (exact) mass is 541 g/mol. The second kappa shape index (κ2) is 10.6. The van der Waals surface area contributed by atoms with E-state index in [1.54, 1.807) is 47.0 Å². The number of hydrogen-bond donors (Lipinski definition) is 1. The van der Waals surface area contributed by atoms with Crippen molar-refractivity contribution in [1.29, 1.82) is 0 Å². The molecule has 1 amide bonds. The van der Waals surface area contributed by atoms with Crippen LogP contribution in [0.4, 0.5) is 10.1 Å². The van der Waals surface area contributed by atoms with Gasteiger partial charge in [-0.2, -0.15) is 0 Å². The Morgan fingerprint density at radius 2 is 1.82 bits per heavy atom. The molecule has 4 aromatic rings. The molecule has 172 valence electrons. The predicted molar refractivity (Wildman–Crippen MR) is 129 cm³/mol. The number of halogens is 2. The van der Waals surface area contributed by atoms with E-state index < -0.39 is 4.92 Å². The van der Waals surface area contributed by atoms with Gasteiger partial charge in [0.1, 0.15) is 5.82 Å². The maximum absolute atomic E-state index is 13.2. The molecule has 3 aromatic carbocycles. The van der Waals surface area contributed by atoms with Crippen LogP contribution in [0, 0.1) is 15.9 Å². The molecule has 0 saturated carbocycles. The van der Waals surface area contributed by atoms with Crippen LogP contribution in [-0.2, 0) is 12.3 Å². The number of carbonyl (C=O) groups excluding carboxylic acids is 1. The highest BCUT2D eigenvalue weighted by atomic mass is 79.9. The molecule has 1 N–H and O–H groups in total. The lowest BCUT2D eigenvalue weighted by atomic mass is 10.2. The molecule has 0 bridgehead atoms. The Morgan fingerprint density at radius 3 is 2.50 bits per heavy atom. The highest BCUT2D eigenvalue weighted by Crippen LogP contribution is 2.26. The minimum absolute atomic E-state index is 0.0400. The van der Waals surface area contributed by atoms with Gasteiger partial charge >= 0.3 is 0 Å². The Labute approximate surface area is 206 Å². The minimum atomic E-state index is -0.473. The number of nitro groups is 1. The summed E-state index contributed by atoms with van der Waals surface area (Å²) in [7, 11) is 0. The Morgan fingerprint density at radius 1 is 1.09 bits per heavy atom. The van der Waals surface area contributed by atoms with Gasteiger partial charge in [0, 0.05) is 33.6 Å². The molecule has 0 aliphatic carbocycles. The number of nitrogens with one attached hydrogen (secondary N) is 1. The van der Waals surface area contributed by atoms with E-state index in [0.717, 1.165) is 10.0 Å². The van der Waals surface area contributed by atoms with Crippen molar-refractivity contribution in [1.82, 2.24) is 20.1 Å². The van der Waals surface area contributed by atoms with E-state index in [9.17, 15) is 19.3 Å². The number of aromatic nitrogens is 3. The fourth-order valence-electron chi connectivity index (χ4n) is 3.11. The van der Waals surface area contributed by atoms with Crippen molar-refractivity contribution in [3.8, 4) is 5.69 Å². The SMILES string of the molecule is O=C(NCc1nnc(SCc2ccc(F)cc2)n1-c1ccc([N+](=O)[O-])cc1)c1cccc(Br)c1. The van der Waals surface area contributed by atoms with Crippen molar-refractivity contribution in [2.75, 3.05) is 0 Å². The molecule has 0 unspecified atom stereocenters. The summed E-state index contributed by atoms with van der Waals surface area (Å²) < 4.78 is 15.7. The van der Waals surface area contributed by atoms with Crippen molar-refractivity contribution in [2.24, 2.45) is 0 Å². The van der Waals surface area contributed by atoms with Gasteiger partial charge in [0.15, 0.2) is 11.0 Å². The normalized spacial score (nSPS) is 10.8. The third kappa shape index (κ3) is 5.67. The molecule has 1 aromatic heterocycles. The average Bonchev–Trinajstić information content (AvgIpc) is 3.25. The van der Waals surface area contributed by atoms with Crippen LogP contribution in [0.5, 0.6) is 0 Å². The van der Waals surface area contributed by atoms with Gasteiger partial charge in [-0.3, -0.25) is 19.5 Å². The third-order valence-corrected chi connectivity index (χ3v) is 6.29. The third-order valence-electron chi connectivity index (χ3n) is 4.79. The Balaban J connectivity index is 1.59. The lowest BCUT2D eigenvalue weighted by Crippen LogP contribution is -2.24. The highest BCUT2D eigenvalue weighted by Gasteiger charge is 2.17. The van der Waals surface area contributed by atoms with Gasteiger partial charge in [-0.1, -0.05) is 45.9 Å². The van der Waals surface area contributed by atoms with Crippen molar-refractivity contribution in [3.63, 3.8) is 0 Å². The van der Waals surface area contributed by atoms with Gasteiger partial charge in [-0.15, -0.1) is 10.2 Å². The summed E-state index contributed by atoms with van der Waals surface area (Å²) >= 11 is 4.73. The number of hydrogen-bond acceptors (Lipinski definition) is 6. The Bertz CT molecular complexity index is 1330. The van der Waals surface area contributed by atoms with Crippen LogP contribution in [-0.4, -0.2) is 25.6 Å². The highest BCUT2D eigenvalue weighted by molar-refractivity contribution is 9.10. The summed E-state index contributed by atoms with van der Waals surface area (Å²) in [5, 5.41) is 22.9. The molecule has 0 saturated heterocycles. The zero-order valence-corrected chi connectivity index (χ0v) is 19.9. The number of nitrogens with zero attached hydrogens (tertiary/aromatic N) is 4. The molecule has 0 radical (unpaired) electrons. The number of benzene rings is 3. The summed E-state index contributed by atoms with van der Waals surface area (Å²) in [6.07, 6.45) is 0. The van der Waals surface area contributed by atoms with Crippen molar-refractivity contribution >= 4 is 39.3 Å². The van der Waals surface area contributed by atoms with Crippen LogP contribution in [0.2, 0.25) is 0 Å². The van der Waals surface area contributed by atoms with Gasteiger partial charge in [-0.05, 0) is 48.0 Å². The largest absolute Gasteiger partial charge is 0.345 e. The topological polar surface area (TPSA) is 103 Å². The molecule has 0 fully saturated rings. The van der Waals surface area contributed by atoms with E-state index in [-0.39, 0.29) is 24.0 Å². The van der Waals surface area contributed by atoms with E-state index >= 15 is 0 Å². The fourth-order valence-corrected chi connectivity index (χ4v) is 4.44. The van der Waals surface area contributed by atoms with Crippen LogP contribution in [0.3, 0.4) is 0 Å². The first kappa shape index (κ1) is 23.6. The van der Waals surface area contributed by atoms with E-state index in [0.29, 0.717) is 28.0 Å². The molecule has 0 atom stereocenters. The fraction of sp³-hybridized carbons (Fsp3) is 0.0870. The Hall–Kier alpha value is -3.57. The molecule has 11 heteroatoms. The van der Waals surface area contributed by atoms with Crippen LogP contribution in [0.1, 0.15) is 21.7 Å². The van der Waals surface area contributed by atoms with Gasteiger partial charge in [0.2, 0.25) is 0 Å². The molecular formula is C23H17BrFN5O3S. The molecule has 0 aliphatic heterocycles. The average molecular weight is 542 g/mol. The van der Waals surface area contributed by atoms with Crippen LogP contribution >= 0.6 is 27.7 Å². The summed E-state index contributed by atoms with van der Waals surface area (Å²) in [6, 6.07) is 19.1. The second-order valence-electron chi connectivity index (χ2n) is 7.12. The number of thioether (sulfide) groups is 1. The maximum atomic E-state index is 13.2. The number of carbonyl (C=O) groups is 1. The van der Waals surface area contributed by atoms with Gasteiger partial charge < -0.3 is 5.32 Å². The standard InChI is InChI=1S/C23H17BrFN5O3S/c24-17-3-1-2-16(12-17)22(31)26-13-21-27-28-23(34-14-15-4-6-18(25)7-5-15)29(21)19-8-10-20(11-9-19)30(32)33/h1-12H,13-14H2,(H,26,31). The molecular weight excluding hydrogens is 525 g/mol. The number of rotatable bonds is 8. The first-order valence-corrected chi connectivity index (χ1v) is 11.8. The van der Waals surface area contributed by atoms with E-state index in [4.69, 9.17) is 0 Å². The van der Waals surface area contributed by atoms with E-state index in [2.05, 4.69) is 31.4 Å². The van der Waals surface area contributed by atoms with Crippen molar-refractivity contribution in [3.05, 3.63) is 110 Å². The van der Waals surface area contributed by atoms with E-state index in [1.165, 1.54) is 36.0 Å². The minimum Gasteiger partial charge on any atom is -0.345 e. The number of amides is 1. The lowest BCUT2D eigenvalue weighted by Gasteiger charge is -2.11. The second-order valence-corrected chi connectivity index (χ2v) is 8.97. The van der Waals surface area contributed by atoms with Crippen LogP contribution in [0.15, 0.2) is 82.4 Å².